The van der Waals surface area contributed by atoms with Gasteiger partial charge in [-0.1, -0.05) is 30.3 Å². The van der Waals surface area contributed by atoms with Gasteiger partial charge in [0.25, 0.3) is 0 Å². The van der Waals surface area contributed by atoms with Gasteiger partial charge in [-0.3, -0.25) is 4.57 Å². The molecule has 4 rings (SSSR count). The number of hydrogen-bond donors (Lipinski definition) is 5. The molecule has 1 saturated heterocycles. The summed E-state index contributed by atoms with van der Waals surface area (Å²) in [5.74, 6) is 0.485. The van der Waals surface area contributed by atoms with Crippen LogP contribution in [-0.4, -0.2) is 59.8 Å². The molecule has 3 heterocycles. The van der Waals surface area contributed by atoms with Crippen molar-refractivity contribution >= 4 is 22.9 Å². The minimum Gasteiger partial charge on any atom is -0.394 e. The van der Waals surface area contributed by atoms with Crippen molar-refractivity contribution in [1.29, 1.82) is 0 Å². The standard InChI is InChI=1S/C17H20N6O4/c18-14-11-15(22-17(21-14)19-6-9-4-2-1-3-5-9)23(8-20-11)16-13(26)12(25)10(7-24)27-16/h1-5,8,10,12-13,16,24-26H,6-7H2,(H3,18,19,21,22)/t10-,12-,13-,16?/m1/s1. The molecule has 0 amide bonds. The summed E-state index contributed by atoms with van der Waals surface area (Å²) in [5.41, 5.74) is 7.76. The highest BCUT2D eigenvalue weighted by molar-refractivity contribution is 5.83. The molecule has 10 nitrogen and oxygen atoms in total. The summed E-state index contributed by atoms with van der Waals surface area (Å²) in [6.07, 6.45) is -2.88. The van der Waals surface area contributed by atoms with Gasteiger partial charge >= 0.3 is 0 Å². The monoisotopic (exact) mass is 372 g/mol. The Hall–Kier alpha value is -2.79. The molecular formula is C17H20N6O4. The van der Waals surface area contributed by atoms with Crippen LogP contribution in [0.2, 0.25) is 0 Å². The third kappa shape index (κ3) is 3.19. The van der Waals surface area contributed by atoms with Crippen molar-refractivity contribution in [2.24, 2.45) is 0 Å². The van der Waals surface area contributed by atoms with E-state index >= 15 is 0 Å². The lowest BCUT2D eigenvalue weighted by Crippen LogP contribution is -2.33. The number of aliphatic hydroxyl groups excluding tert-OH is 3. The molecule has 3 aromatic rings. The normalized spacial score (nSPS) is 25.1. The number of imidazole rings is 1. The second kappa shape index (κ2) is 7.08. The second-order valence-electron chi connectivity index (χ2n) is 6.32. The summed E-state index contributed by atoms with van der Waals surface area (Å²) in [7, 11) is 0. The Bertz CT molecular complexity index is 934. The summed E-state index contributed by atoms with van der Waals surface area (Å²) >= 11 is 0. The molecule has 1 aromatic carbocycles. The topological polar surface area (TPSA) is 152 Å². The molecule has 2 aromatic heterocycles. The van der Waals surface area contributed by atoms with Crippen molar-refractivity contribution < 1.29 is 20.1 Å². The quantitative estimate of drug-likeness (QED) is 0.404. The maximum Gasteiger partial charge on any atom is 0.227 e. The van der Waals surface area contributed by atoms with Crippen LogP contribution in [0.5, 0.6) is 0 Å². The average Bonchev–Trinajstić information content (AvgIpc) is 3.23. The molecule has 142 valence electrons. The zero-order valence-corrected chi connectivity index (χ0v) is 14.3. The van der Waals surface area contributed by atoms with Gasteiger partial charge in [-0.25, -0.2) is 4.98 Å². The summed E-state index contributed by atoms with van der Waals surface area (Å²) in [4.78, 5) is 12.8. The number of hydrogen-bond acceptors (Lipinski definition) is 9. The van der Waals surface area contributed by atoms with Crippen LogP contribution >= 0.6 is 0 Å². The summed E-state index contributed by atoms with van der Waals surface area (Å²) in [6, 6.07) is 9.75. The van der Waals surface area contributed by atoms with E-state index in [0.717, 1.165) is 5.56 Å². The van der Waals surface area contributed by atoms with Crippen molar-refractivity contribution in [2.45, 2.75) is 31.1 Å². The van der Waals surface area contributed by atoms with Gasteiger partial charge in [-0.05, 0) is 5.56 Å². The van der Waals surface area contributed by atoms with Gasteiger partial charge in [-0.2, -0.15) is 9.97 Å². The number of nitrogen functional groups attached to an aromatic ring is 1. The number of nitrogens with two attached hydrogens (primary N) is 1. The highest BCUT2D eigenvalue weighted by atomic mass is 16.6. The number of nitrogens with zero attached hydrogens (tertiary/aromatic N) is 4. The van der Waals surface area contributed by atoms with Crippen molar-refractivity contribution in [2.75, 3.05) is 17.7 Å². The number of aromatic nitrogens is 4. The van der Waals surface area contributed by atoms with Gasteiger partial charge in [-0.15, -0.1) is 0 Å². The number of rotatable bonds is 5. The molecule has 0 bridgehead atoms. The first-order valence-electron chi connectivity index (χ1n) is 8.48. The van der Waals surface area contributed by atoms with Gasteiger partial charge in [0.05, 0.1) is 12.9 Å². The van der Waals surface area contributed by atoms with Crippen LogP contribution in [0.15, 0.2) is 36.7 Å². The largest absolute Gasteiger partial charge is 0.394 e. The molecular weight excluding hydrogens is 352 g/mol. The molecule has 0 spiro atoms. The lowest BCUT2D eigenvalue weighted by atomic mass is 10.1. The van der Waals surface area contributed by atoms with E-state index in [2.05, 4.69) is 20.3 Å². The zero-order valence-electron chi connectivity index (χ0n) is 14.3. The predicted octanol–water partition coefficient (Wildman–Crippen LogP) is -0.368. The van der Waals surface area contributed by atoms with Crippen molar-refractivity contribution in [3.8, 4) is 0 Å². The van der Waals surface area contributed by atoms with Crippen molar-refractivity contribution in [1.82, 2.24) is 19.5 Å². The number of aliphatic hydroxyl groups is 3. The van der Waals surface area contributed by atoms with Crippen LogP contribution in [0.4, 0.5) is 11.8 Å². The van der Waals surface area contributed by atoms with Gasteiger partial charge < -0.3 is 31.1 Å². The number of ether oxygens (including phenoxy) is 1. The van der Waals surface area contributed by atoms with E-state index in [1.807, 2.05) is 30.3 Å². The zero-order chi connectivity index (χ0) is 19.0. The van der Waals surface area contributed by atoms with E-state index in [-0.39, 0.29) is 5.82 Å². The molecule has 6 N–H and O–H groups in total. The van der Waals surface area contributed by atoms with Crippen LogP contribution in [-0.2, 0) is 11.3 Å². The van der Waals surface area contributed by atoms with Gasteiger partial charge in [0, 0.05) is 6.54 Å². The minimum absolute atomic E-state index is 0.182. The average molecular weight is 372 g/mol. The smallest absolute Gasteiger partial charge is 0.227 e. The molecule has 1 unspecified atom stereocenters. The van der Waals surface area contributed by atoms with Crippen LogP contribution in [0.3, 0.4) is 0 Å². The molecule has 0 radical (unpaired) electrons. The number of fused-ring (bicyclic) bond motifs is 1. The maximum absolute atomic E-state index is 10.3. The maximum atomic E-state index is 10.3. The SMILES string of the molecule is Nc1nc(NCc2ccccc2)nc2c1ncn2C1O[C@H](CO)[C@@H](O)[C@H]1O. The van der Waals surface area contributed by atoms with E-state index in [4.69, 9.17) is 10.5 Å². The lowest BCUT2D eigenvalue weighted by molar-refractivity contribution is -0.0511. The van der Waals surface area contributed by atoms with Gasteiger partial charge in [0.15, 0.2) is 17.7 Å². The summed E-state index contributed by atoms with van der Waals surface area (Å²) in [5, 5.41) is 32.6. The van der Waals surface area contributed by atoms with Crippen LogP contribution < -0.4 is 11.1 Å². The first-order valence-corrected chi connectivity index (χ1v) is 8.48. The van der Waals surface area contributed by atoms with E-state index in [1.54, 1.807) is 0 Å². The van der Waals surface area contributed by atoms with Crippen molar-refractivity contribution in [3.63, 3.8) is 0 Å². The molecule has 27 heavy (non-hydrogen) atoms. The Morgan fingerprint density at radius 1 is 1.15 bits per heavy atom. The highest BCUT2D eigenvalue weighted by Crippen LogP contribution is 2.32. The fourth-order valence-corrected chi connectivity index (χ4v) is 3.09. The molecule has 1 fully saturated rings. The molecule has 0 saturated carbocycles. The van der Waals surface area contributed by atoms with E-state index in [0.29, 0.717) is 23.7 Å². The summed E-state index contributed by atoms with van der Waals surface area (Å²) in [6.45, 7) is 0.0934. The van der Waals surface area contributed by atoms with Gasteiger partial charge in [0.1, 0.15) is 23.8 Å². The minimum atomic E-state index is -1.24. The Labute approximate surface area is 154 Å². The predicted molar refractivity (Wildman–Crippen MR) is 96.5 cm³/mol. The number of nitrogens with one attached hydrogen (secondary N) is 1. The van der Waals surface area contributed by atoms with E-state index in [9.17, 15) is 15.3 Å². The van der Waals surface area contributed by atoms with E-state index < -0.39 is 31.1 Å². The summed E-state index contributed by atoms with van der Waals surface area (Å²) < 4.78 is 7.02. The first-order chi connectivity index (χ1) is 13.1. The van der Waals surface area contributed by atoms with Crippen LogP contribution in [0, 0.1) is 0 Å². The number of anilines is 2. The lowest BCUT2D eigenvalue weighted by Gasteiger charge is -2.16. The second-order valence-corrected chi connectivity index (χ2v) is 6.32. The number of benzene rings is 1. The molecule has 1 aliphatic heterocycles. The van der Waals surface area contributed by atoms with Gasteiger partial charge in [0.2, 0.25) is 5.95 Å². The molecule has 1 aliphatic rings. The molecule has 4 atom stereocenters. The first kappa shape index (κ1) is 17.6. The fourth-order valence-electron chi connectivity index (χ4n) is 3.09. The molecule has 0 aliphatic carbocycles. The van der Waals surface area contributed by atoms with E-state index in [1.165, 1.54) is 10.9 Å². The Kier molecular flexibility index (Phi) is 4.62. The Balaban J connectivity index is 1.64. The Morgan fingerprint density at radius 2 is 1.93 bits per heavy atom. The van der Waals surface area contributed by atoms with Crippen LogP contribution in [0.25, 0.3) is 11.2 Å². The third-order valence-electron chi connectivity index (χ3n) is 4.53. The van der Waals surface area contributed by atoms with Crippen molar-refractivity contribution in [3.05, 3.63) is 42.2 Å². The Morgan fingerprint density at radius 3 is 2.63 bits per heavy atom. The third-order valence-corrected chi connectivity index (χ3v) is 4.53. The van der Waals surface area contributed by atoms with Crippen LogP contribution in [0.1, 0.15) is 11.8 Å². The highest BCUT2D eigenvalue weighted by Gasteiger charge is 2.44. The molecule has 10 heteroatoms. The fraction of sp³-hybridized carbons (Fsp3) is 0.353.